The third kappa shape index (κ3) is 3.38. The molecule has 0 spiro atoms. The van der Waals surface area contributed by atoms with Crippen molar-refractivity contribution >= 4 is 23.4 Å². The Balaban J connectivity index is 2.22. The maximum absolute atomic E-state index is 12.7. The Morgan fingerprint density at radius 3 is 2.95 bits per heavy atom. The second-order valence-corrected chi connectivity index (χ2v) is 5.87. The number of amides is 1. The van der Waals surface area contributed by atoms with Crippen molar-refractivity contribution < 1.29 is 14.3 Å². The minimum atomic E-state index is -0.590. The molecule has 1 aromatic heterocycles. The molecule has 116 valence electrons. The van der Waals surface area contributed by atoms with Crippen molar-refractivity contribution in [3.8, 4) is 0 Å². The molecule has 7 nitrogen and oxygen atoms in total. The minimum absolute atomic E-state index is 0.117. The molecule has 21 heavy (non-hydrogen) atoms. The van der Waals surface area contributed by atoms with Crippen LogP contribution in [-0.4, -0.2) is 58.6 Å². The van der Waals surface area contributed by atoms with Gasteiger partial charge in [0, 0.05) is 19.6 Å². The van der Waals surface area contributed by atoms with Gasteiger partial charge < -0.3 is 15.0 Å². The number of ether oxygens (including phenoxy) is 1. The van der Waals surface area contributed by atoms with Gasteiger partial charge in [0.25, 0.3) is 5.91 Å². The van der Waals surface area contributed by atoms with Crippen molar-refractivity contribution in [2.24, 2.45) is 0 Å². The second kappa shape index (κ2) is 6.95. The Kier molecular flexibility index (Phi) is 5.24. The summed E-state index contributed by atoms with van der Waals surface area (Å²) in [4.78, 5) is 26.8. The monoisotopic (exact) mass is 312 g/mol. The zero-order valence-electron chi connectivity index (χ0n) is 12.5. The summed E-state index contributed by atoms with van der Waals surface area (Å²) in [6.45, 7) is 7.53. The molecule has 1 aromatic rings. The lowest BCUT2D eigenvalue weighted by Gasteiger charge is -2.34. The number of carbonyl (C=O) groups excluding carboxylic acids is 2. The fraction of sp³-hybridized carbons (Fsp3) is 0.692. The molecule has 1 aliphatic heterocycles. The van der Waals surface area contributed by atoms with Crippen LogP contribution in [0.3, 0.4) is 0 Å². The van der Waals surface area contributed by atoms with E-state index in [4.69, 9.17) is 4.74 Å². The van der Waals surface area contributed by atoms with Gasteiger partial charge in [-0.3, -0.25) is 4.79 Å². The molecule has 2 heterocycles. The van der Waals surface area contributed by atoms with Crippen LogP contribution in [0.2, 0.25) is 0 Å². The van der Waals surface area contributed by atoms with E-state index >= 15 is 0 Å². The normalized spacial score (nSPS) is 18.9. The van der Waals surface area contributed by atoms with Crippen LogP contribution in [0.15, 0.2) is 0 Å². The lowest BCUT2D eigenvalue weighted by atomic mass is 10.1. The number of aromatic nitrogens is 2. The van der Waals surface area contributed by atoms with Crippen LogP contribution in [0.4, 0.5) is 0 Å². The molecular formula is C13H20N4O3S. The fourth-order valence-corrected chi connectivity index (χ4v) is 3.03. The highest BCUT2D eigenvalue weighted by Crippen LogP contribution is 2.23. The predicted octanol–water partition coefficient (Wildman–Crippen LogP) is 0.639. The van der Waals surface area contributed by atoms with Crippen LogP contribution in [-0.2, 0) is 9.53 Å². The lowest BCUT2D eigenvalue weighted by Crippen LogP contribution is -2.57. The van der Waals surface area contributed by atoms with Crippen LogP contribution in [0, 0.1) is 0 Å². The zero-order valence-corrected chi connectivity index (χ0v) is 13.3. The third-order valence-electron chi connectivity index (χ3n) is 3.32. The van der Waals surface area contributed by atoms with Gasteiger partial charge in [-0.05, 0) is 24.4 Å². The summed E-state index contributed by atoms with van der Waals surface area (Å²) in [6.07, 6.45) is 0. The number of hydrogen-bond donors (Lipinski definition) is 1. The molecule has 2 rings (SSSR count). The summed E-state index contributed by atoms with van der Waals surface area (Å²) in [7, 11) is 0. The molecular weight excluding hydrogens is 292 g/mol. The van der Waals surface area contributed by atoms with Gasteiger partial charge in [0.15, 0.2) is 0 Å². The predicted molar refractivity (Wildman–Crippen MR) is 78.3 cm³/mol. The largest absolute Gasteiger partial charge is 0.464 e. The Morgan fingerprint density at radius 2 is 2.29 bits per heavy atom. The molecule has 1 amide bonds. The van der Waals surface area contributed by atoms with E-state index in [1.54, 1.807) is 11.8 Å². The molecule has 1 fully saturated rings. The van der Waals surface area contributed by atoms with Gasteiger partial charge in [0.2, 0.25) is 0 Å². The number of carbonyl (C=O) groups is 2. The van der Waals surface area contributed by atoms with Gasteiger partial charge in [0.1, 0.15) is 10.9 Å². The molecule has 1 atom stereocenters. The Morgan fingerprint density at radius 1 is 1.52 bits per heavy atom. The molecule has 1 aliphatic rings. The maximum Gasteiger partial charge on any atom is 0.330 e. The van der Waals surface area contributed by atoms with Crippen molar-refractivity contribution in [1.29, 1.82) is 0 Å². The van der Waals surface area contributed by atoms with E-state index < -0.39 is 6.04 Å². The van der Waals surface area contributed by atoms with Crippen molar-refractivity contribution in [3.63, 3.8) is 0 Å². The van der Waals surface area contributed by atoms with Crippen LogP contribution in [0.25, 0.3) is 0 Å². The smallest absolute Gasteiger partial charge is 0.330 e. The van der Waals surface area contributed by atoms with Crippen LogP contribution >= 0.6 is 11.5 Å². The van der Waals surface area contributed by atoms with Crippen LogP contribution < -0.4 is 5.32 Å². The number of nitrogens with zero attached hydrogens (tertiary/aromatic N) is 3. The summed E-state index contributed by atoms with van der Waals surface area (Å²) in [5.74, 6) is -0.443. The third-order valence-corrected chi connectivity index (χ3v) is 4.05. The van der Waals surface area contributed by atoms with E-state index in [9.17, 15) is 9.59 Å². The van der Waals surface area contributed by atoms with Gasteiger partial charge in [-0.15, -0.1) is 5.10 Å². The minimum Gasteiger partial charge on any atom is -0.464 e. The molecule has 1 unspecified atom stereocenters. The van der Waals surface area contributed by atoms with E-state index in [0.29, 0.717) is 36.8 Å². The van der Waals surface area contributed by atoms with E-state index in [-0.39, 0.29) is 17.8 Å². The molecule has 0 saturated carbocycles. The number of hydrogen-bond acceptors (Lipinski definition) is 7. The zero-order chi connectivity index (χ0) is 15.4. The quantitative estimate of drug-likeness (QED) is 0.821. The van der Waals surface area contributed by atoms with Gasteiger partial charge in [-0.2, -0.15) is 0 Å². The van der Waals surface area contributed by atoms with E-state index in [1.165, 1.54) is 0 Å². The summed E-state index contributed by atoms with van der Waals surface area (Å²) >= 11 is 1.08. The summed E-state index contributed by atoms with van der Waals surface area (Å²) in [5, 5.41) is 7.15. The first-order valence-electron chi connectivity index (χ1n) is 7.06. The molecule has 0 radical (unpaired) electrons. The average molecular weight is 312 g/mol. The molecule has 1 saturated heterocycles. The van der Waals surface area contributed by atoms with Crippen molar-refractivity contribution in [2.75, 3.05) is 26.2 Å². The van der Waals surface area contributed by atoms with Gasteiger partial charge in [-0.25, -0.2) is 4.79 Å². The SMILES string of the molecule is CCOC(=O)C1CNCCN1C(=O)c1snnc1C(C)C. The van der Waals surface area contributed by atoms with Crippen molar-refractivity contribution in [3.05, 3.63) is 10.6 Å². The maximum atomic E-state index is 12.7. The van der Waals surface area contributed by atoms with Gasteiger partial charge >= 0.3 is 5.97 Å². The van der Waals surface area contributed by atoms with E-state index in [0.717, 1.165) is 11.5 Å². The number of piperazine rings is 1. The number of esters is 1. The van der Waals surface area contributed by atoms with Gasteiger partial charge in [0.05, 0.1) is 12.3 Å². The van der Waals surface area contributed by atoms with Crippen molar-refractivity contribution in [1.82, 2.24) is 19.8 Å². The van der Waals surface area contributed by atoms with E-state index in [2.05, 4.69) is 14.9 Å². The first-order chi connectivity index (χ1) is 10.1. The molecule has 0 aromatic carbocycles. The first kappa shape index (κ1) is 15.8. The first-order valence-corrected chi connectivity index (χ1v) is 7.84. The van der Waals surface area contributed by atoms with E-state index in [1.807, 2.05) is 13.8 Å². The number of rotatable bonds is 4. The van der Waals surface area contributed by atoms with Crippen LogP contribution in [0.5, 0.6) is 0 Å². The molecule has 0 bridgehead atoms. The lowest BCUT2D eigenvalue weighted by molar-refractivity contribution is -0.149. The molecule has 1 N–H and O–H groups in total. The second-order valence-electron chi connectivity index (χ2n) is 5.11. The average Bonchev–Trinajstić information content (AvgIpc) is 2.96. The molecule has 0 aliphatic carbocycles. The number of nitrogens with one attached hydrogen (secondary N) is 1. The highest BCUT2D eigenvalue weighted by Gasteiger charge is 2.35. The Bertz CT molecular complexity index is 517. The Hall–Kier alpha value is -1.54. The highest BCUT2D eigenvalue weighted by atomic mass is 32.1. The summed E-state index contributed by atoms with van der Waals surface area (Å²) < 4.78 is 8.93. The Labute approximate surface area is 127 Å². The fourth-order valence-electron chi connectivity index (χ4n) is 2.25. The van der Waals surface area contributed by atoms with Gasteiger partial charge in [-0.1, -0.05) is 18.3 Å². The van der Waals surface area contributed by atoms with Crippen LogP contribution in [0.1, 0.15) is 42.1 Å². The topological polar surface area (TPSA) is 84.4 Å². The molecule has 8 heteroatoms. The highest BCUT2D eigenvalue weighted by molar-refractivity contribution is 7.08. The summed E-state index contributed by atoms with van der Waals surface area (Å²) in [5.41, 5.74) is 0.686. The standard InChI is InChI=1S/C13H20N4O3S/c1-4-20-13(19)9-7-14-5-6-17(9)12(18)11-10(8(2)3)15-16-21-11/h8-9,14H,4-7H2,1-3H3. The van der Waals surface area contributed by atoms with Crippen molar-refractivity contribution in [2.45, 2.75) is 32.7 Å². The summed E-state index contributed by atoms with van der Waals surface area (Å²) in [6, 6.07) is -0.590.